The molecule has 0 radical (unpaired) electrons. The minimum atomic E-state index is -2.62. The van der Waals surface area contributed by atoms with Crippen LogP contribution in [0, 0.1) is 5.92 Å². The van der Waals surface area contributed by atoms with E-state index in [1.165, 1.54) is 10.8 Å². The molecule has 0 aromatic carbocycles. The van der Waals surface area contributed by atoms with Crippen molar-refractivity contribution in [2.45, 2.75) is 38.9 Å². The molecule has 1 rings (SSSR count). The summed E-state index contributed by atoms with van der Waals surface area (Å²) >= 11 is 0. The summed E-state index contributed by atoms with van der Waals surface area (Å²) in [5.41, 5.74) is 2.26. The maximum absolute atomic E-state index is 5.97. The molecule has 0 saturated carbocycles. The first-order valence-corrected chi connectivity index (χ1v) is 12.0. The van der Waals surface area contributed by atoms with Crippen LogP contribution in [0.5, 0.6) is 0 Å². The molecule has 0 spiro atoms. The van der Waals surface area contributed by atoms with Crippen LogP contribution in [0.15, 0.2) is 22.9 Å². The monoisotopic (exact) mass is 330 g/mol. The molecule has 0 aliphatic heterocycles. The SMILES string of the molecule is CO[Si](C[Si](C)(OC)C1=CC=C(C(C)C)CC1)(OC)OC. The maximum atomic E-state index is 5.97. The van der Waals surface area contributed by atoms with Gasteiger partial charge in [0.05, 0.1) is 0 Å². The lowest BCUT2D eigenvalue weighted by Gasteiger charge is -2.36. The topological polar surface area (TPSA) is 36.9 Å². The molecular formula is C15H30O4Si2. The van der Waals surface area contributed by atoms with Gasteiger partial charge in [0, 0.05) is 34.1 Å². The Morgan fingerprint density at radius 2 is 1.52 bits per heavy atom. The number of allylic oxidation sites excluding steroid dienone is 4. The smallest absolute Gasteiger partial charge is 0.416 e. The van der Waals surface area contributed by atoms with E-state index < -0.39 is 17.1 Å². The Balaban J connectivity index is 3.00. The Bertz CT molecular complexity index is 394. The molecular weight excluding hydrogens is 300 g/mol. The summed E-state index contributed by atoms with van der Waals surface area (Å²) in [6.07, 6.45) is 6.72. The van der Waals surface area contributed by atoms with Gasteiger partial charge in [0.2, 0.25) is 8.32 Å². The van der Waals surface area contributed by atoms with Crippen LogP contribution in [0.1, 0.15) is 26.7 Å². The molecule has 0 fully saturated rings. The van der Waals surface area contributed by atoms with Crippen molar-refractivity contribution in [3.8, 4) is 0 Å². The molecule has 1 aliphatic carbocycles. The Hall–Kier alpha value is -0.246. The Labute approximate surface area is 131 Å². The minimum absolute atomic E-state index is 0.614. The number of rotatable bonds is 8. The number of hydrogen-bond donors (Lipinski definition) is 0. The van der Waals surface area contributed by atoms with Crippen molar-refractivity contribution >= 4 is 17.1 Å². The van der Waals surface area contributed by atoms with E-state index >= 15 is 0 Å². The quantitative estimate of drug-likeness (QED) is 0.639. The largest absolute Gasteiger partial charge is 0.499 e. The lowest BCUT2D eigenvalue weighted by Crippen LogP contribution is -2.53. The molecule has 6 heteroatoms. The first-order valence-electron chi connectivity index (χ1n) is 7.47. The molecule has 0 heterocycles. The molecule has 0 bridgehead atoms. The standard InChI is InChI=1S/C15H30O4Si2/c1-13(2)14-8-10-15(11-9-14)20(7,16-3)12-21(17-4,18-5)19-6/h8,10,13H,9,11-12H2,1-7H3. The van der Waals surface area contributed by atoms with Gasteiger partial charge >= 0.3 is 8.80 Å². The second-order valence-corrected chi connectivity index (χ2v) is 13.5. The highest BCUT2D eigenvalue weighted by molar-refractivity contribution is 6.90. The van der Waals surface area contributed by atoms with Crippen LogP contribution in [0.4, 0.5) is 0 Å². The van der Waals surface area contributed by atoms with Crippen LogP contribution in [0.3, 0.4) is 0 Å². The second kappa shape index (κ2) is 7.85. The predicted octanol–water partition coefficient (Wildman–Crippen LogP) is 3.47. The van der Waals surface area contributed by atoms with Crippen molar-refractivity contribution in [1.29, 1.82) is 0 Å². The van der Waals surface area contributed by atoms with Crippen LogP contribution < -0.4 is 0 Å². The number of hydrogen-bond acceptors (Lipinski definition) is 4. The third-order valence-electron chi connectivity index (χ3n) is 4.54. The van der Waals surface area contributed by atoms with Gasteiger partial charge in [0.1, 0.15) is 0 Å². The third kappa shape index (κ3) is 4.37. The van der Waals surface area contributed by atoms with E-state index in [1.807, 2.05) is 0 Å². The van der Waals surface area contributed by atoms with Crippen molar-refractivity contribution in [1.82, 2.24) is 0 Å². The molecule has 122 valence electrons. The Morgan fingerprint density at radius 1 is 0.952 bits per heavy atom. The summed E-state index contributed by atoms with van der Waals surface area (Å²) in [5.74, 6) is 0.614. The van der Waals surface area contributed by atoms with E-state index in [9.17, 15) is 0 Å². The van der Waals surface area contributed by atoms with Crippen LogP contribution in [-0.2, 0) is 17.7 Å². The maximum Gasteiger partial charge on any atom is 0.499 e. The molecule has 1 aliphatic rings. The fourth-order valence-corrected chi connectivity index (χ4v) is 11.1. The fourth-order valence-electron chi connectivity index (χ4n) is 2.77. The van der Waals surface area contributed by atoms with Crippen LogP contribution >= 0.6 is 0 Å². The zero-order valence-corrected chi connectivity index (χ0v) is 16.5. The molecule has 0 aromatic rings. The zero-order chi connectivity index (χ0) is 16.1. The van der Waals surface area contributed by atoms with Gasteiger partial charge in [-0.05, 0) is 25.3 Å². The Morgan fingerprint density at radius 3 is 1.86 bits per heavy atom. The van der Waals surface area contributed by atoms with Gasteiger partial charge in [0.15, 0.2) is 0 Å². The van der Waals surface area contributed by atoms with E-state index in [4.69, 9.17) is 17.7 Å². The van der Waals surface area contributed by atoms with Crippen LogP contribution in [0.25, 0.3) is 0 Å². The molecule has 0 N–H and O–H groups in total. The first kappa shape index (κ1) is 18.8. The lowest BCUT2D eigenvalue weighted by molar-refractivity contribution is 0.127. The Kier molecular flexibility index (Phi) is 7.03. The highest BCUT2D eigenvalue weighted by atomic mass is 28.4. The summed E-state index contributed by atoms with van der Waals surface area (Å²) in [6, 6.07) is 0. The predicted molar refractivity (Wildman–Crippen MR) is 90.5 cm³/mol. The van der Waals surface area contributed by atoms with E-state index in [1.54, 1.807) is 28.4 Å². The van der Waals surface area contributed by atoms with Gasteiger partial charge in [-0.25, -0.2) is 0 Å². The molecule has 0 amide bonds. The van der Waals surface area contributed by atoms with Crippen molar-refractivity contribution in [2.24, 2.45) is 5.92 Å². The van der Waals surface area contributed by atoms with Gasteiger partial charge in [-0.2, -0.15) is 0 Å². The second-order valence-electron chi connectivity index (χ2n) is 6.00. The summed E-state index contributed by atoms with van der Waals surface area (Å²) < 4.78 is 22.7. The van der Waals surface area contributed by atoms with Gasteiger partial charge in [-0.3, -0.25) is 0 Å². The normalized spacial score (nSPS) is 19.2. The van der Waals surface area contributed by atoms with Crippen molar-refractivity contribution in [2.75, 3.05) is 28.4 Å². The summed E-state index contributed by atoms with van der Waals surface area (Å²) in [6.45, 7) is 6.72. The molecule has 1 unspecified atom stereocenters. The molecule has 4 nitrogen and oxygen atoms in total. The highest BCUT2D eigenvalue weighted by Crippen LogP contribution is 2.34. The summed E-state index contributed by atoms with van der Waals surface area (Å²) in [7, 11) is 2.08. The van der Waals surface area contributed by atoms with Gasteiger partial charge in [-0.15, -0.1) is 0 Å². The minimum Gasteiger partial charge on any atom is -0.416 e. The lowest BCUT2D eigenvalue weighted by atomic mass is 9.95. The van der Waals surface area contributed by atoms with Gasteiger partial charge in [0.25, 0.3) is 0 Å². The van der Waals surface area contributed by atoms with Gasteiger partial charge < -0.3 is 17.7 Å². The summed E-state index contributed by atoms with van der Waals surface area (Å²) in [5, 5.41) is 1.41. The molecule has 1 atom stereocenters. The molecule has 0 saturated heterocycles. The molecule has 21 heavy (non-hydrogen) atoms. The van der Waals surface area contributed by atoms with E-state index in [2.05, 4.69) is 32.5 Å². The van der Waals surface area contributed by atoms with Crippen molar-refractivity contribution in [3.63, 3.8) is 0 Å². The highest BCUT2D eigenvalue weighted by Gasteiger charge is 2.49. The zero-order valence-electron chi connectivity index (χ0n) is 14.5. The van der Waals surface area contributed by atoms with Crippen molar-refractivity contribution in [3.05, 3.63) is 22.9 Å². The van der Waals surface area contributed by atoms with Crippen LogP contribution in [-0.4, -0.2) is 45.6 Å². The molecule has 0 aromatic heterocycles. The van der Waals surface area contributed by atoms with E-state index in [0.717, 1.165) is 18.5 Å². The fraction of sp³-hybridized carbons (Fsp3) is 0.733. The third-order valence-corrected chi connectivity index (χ3v) is 13.5. The van der Waals surface area contributed by atoms with E-state index in [0.29, 0.717) is 5.92 Å². The average molecular weight is 331 g/mol. The first-order chi connectivity index (χ1) is 9.86. The van der Waals surface area contributed by atoms with Gasteiger partial charge in [-0.1, -0.05) is 36.8 Å². The average Bonchev–Trinajstić information content (AvgIpc) is 2.52. The van der Waals surface area contributed by atoms with Crippen LogP contribution in [0.2, 0.25) is 12.2 Å². The van der Waals surface area contributed by atoms with Crippen molar-refractivity contribution < 1.29 is 17.7 Å². The van der Waals surface area contributed by atoms with E-state index in [-0.39, 0.29) is 0 Å². The summed E-state index contributed by atoms with van der Waals surface area (Å²) in [4.78, 5) is 0.